The highest BCUT2D eigenvalue weighted by Gasteiger charge is 2.15. The van der Waals surface area contributed by atoms with Crippen LogP contribution in [0.4, 0.5) is 0 Å². The van der Waals surface area contributed by atoms with Crippen LogP contribution in [-0.2, 0) is 6.16 Å². The molecule has 0 saturated carbocycles. The predicted octanol–water partition coefficient (Wildman–Crippen LogP) is 6.65. The molecule has 0 atom stereocenters. The molecule has 118 valence electrons. The second kappa shape index (κ2) is 8.49. The predicted molar refractivity (Wildman–Crippen MR) is 102 cm³/mol. The van der Waals surface area contributed by atoms with Crippen molar-refractivity contribution in [2.45, 2.75) is 33.9 Å². The van der Waals surface area contributed by atoms with Crippen LogP contribution in [-0.4, -0.2) is 12.3 Å². The molecule has 0 radical (unpaired) electrons. The SMILES string of the molecule is CC(C)CP(Cc1ccccc1-c1ccccc1)CC(C)C. The quantitative estimate of drug-likeness (QED) is 0.502. The van der Waals surface area contributed by atoms with Crippen molar-refractivity contribution in [1.29, 1.82) is 0 Å². The monoisotopic (exact) mass is 312 g/mol. The molecule has 1 heteroatoms. The number of hydrogen-bond acceptors (Lipinski definition) is 0. The Morgan fingerprint density at radius 1 is 0.727 bits per heavy atom. The summed E-state index contributed by atoms with van der Waals surface area (Å²) in [6.45, 7) is 9.44. The van der Waals surface area contributed by atoms with Gasteiger partial charge in [0, 0.05) is 0 Å². The van der Waals surface area contributed by atoms with Crippen LogP contribution in [0.3, 0.4) is 0 Å². The normalized spacial score (nSPS) is 11.6. The van der Waals surface area contributed by atoms with Gasteiger partial charge in [-0.2, -0.15) is 0 Å². The third kappa shape index (κ3) is 5.25. The Bertz CT molecular complexity index is 547. The highest BCUT2D eigenvalue weighted by Crippen LogP contribution is 2.45. The van der Waals surface area contributed by atoms with Crippen molar-refractivity contribution in [3.63, 3.8) is 0 Å². The first-order valence-electron chi connectivity index (χ1n) is 8.42. The van der Waals surface area contributed by atoms with Gasteiger partial charge in [0.1, 0.15) is 0 Å². The molecule has 0 aliphatic carbocycles. The van der Waals surface area contributed by atoms with Crippen LogP contribution < -0.4 is 0 Å². The summed E-state index contributed by atoms with van der Waals surface area (Å²) in [5.41, 5.74) is 4.30. The molecule has 0 aromatic heterocycles. The first-order valence-corrected chi connectivity index (χ1v) is 10.3. The van der Waals surface area contributed by atoms with E-state index in [4.69, 9.17) is 0 Å². The molecule has 0 saturated heterocycles. The molecule has 0 fully saturated rings. The lowest BCUT2D eigenvalue weighted by molar-refractivity contribution is 0.717. The van der Waals surface area contributed by atoms with E-state index in [1.54, 1.807) is 0 Å². The number of benzene rings is 2. The summed E-state index contributed by atoms with van der Waals surface area (Å²) in [5, 5.41) is 0. The largest absolute Gasteiger partial charge is 0.102 e. The Labute approximate surface area is 137 Å². The van der Waals surface area contributed by atoms with Crippen LogP contribution in [0.2, 0.25) is 0 Å². The molecule has 2 aromatic carbocycles. The van der Waals surface area contributed by atoms with Crippen LogP contribution in [0, 0.1) is 11.8 Å². The minimum atomic E-state index is 0.0776. The van der Waals surface area contributed by atoms with Crippen LogP contribution in [0.15, 0.2) is 54.6 Å². The van der Waals surface area contributed by atoms with Crippen LogP contribution >= 0.6 is 7.92 Å². The van der Waals surface area contributed by atoms with Crippen molar-refractivity contribution in [2.24, 2.45) is 11.8 Å². The second-order valence-corrected chi connectivity index (χ2v) is 9.39. The van der Waals surface area contributed by atoms with Crippen LogP contribution in [0.5, 0.6) is 0 Å². The maximum atomic E-state index is 2.36. The molecular formula is C21H29P. The molecule has 0 aliphatic heterocycles. The molecule has 0 aliphatic rings. The molecule has 22 heavy (non-hydrogen) atoms. The summed E-state index contributed by atoms with van der Waals surface area (Å²) in [6.07, 6.45) is 4.03. The molecule has 0 unspecified atom stereocenters. The minimum absolute atomic E-state index is 0.0776. The van der Waals surface area contributed by atoms with Gasteiger partial charge in [0.2, 0.25) is 0 Å². The Kier molecular flexibility index (Phi) is 6.65. The van der Waals surface area contributed by atoms with Crippen LogP contribution in [0.1, 0.15) is 33.3 Å². The van der Waals surface area contributed by atoms with Crippen molar-refractivity contribution >= 4 is 7.92 Å². The maximum absolute atomic E-state index is 2.36. The van der Waals surface area contributed by atoms with Crippen molar-refractivity contribution in [2.75, 3.05) is 12.3 Å². The molecule has 0 bridgehead atoms. The summed E-state index contributed by atoms with van der Waals surface area (Å²) in [7, 11) is 0.0776. The van der Waals surface area contributed by atoms with E-state index in [1.165, 1.54) is 35.2 Å². The fourth-order valence-electron chi connectivity index (χ4n) is 3.03. The minimum Gasteiger partial charge on any atom is -0.102 e. The zero-order valence-corrected chi connectivity index (χ0v) is 15.3. The first-order chi connectivity index (χ1) is 10.6. The van der Waals surface area contributed by atoms with Gasteiger partial charge in [0.25, 0.3) is 0 Å². The molecule has 2 rings (SSSR count). The van der Waals surface area contributed by atoms with Gasteiger partial charge >= 0.3 is 0 Å². The topological polar surface area (TPSA) is 0 Å². The third-order valence-corrected chi connectivity index (χ3v) is 7.02. The maximum Gasteiger partial charge on any atom is -0.00667 e. The van der Waals surface area contributed by atoms with E-state index < -0.39 is 0 Å². The first kappa shape index (κ1) is 17.2. The molecule has 0 N–H and O–H groups in total. The molecule has 0 heterocycles. The zero-order valence-electron chi connectivity index (χ0n) is 14.4. The van der Waals surface area contributed by atoms with Crippen molar-refractivity contribution in [1.82, 2.24) is 0 Å². The van der Waals surface area contributed by atoms with E-state index in [0.29, 0.717) is 0 Å². The summed E-state index contributed by atoms with van der Waals surface area (Å²) in [6, 6.07) is 19.8. The average molecular weight is 312 g/mol. The van der Waals surface area contributed by atoms with Gasteiger partial charge in [0.15, 0.2) is 0 Å². The second-order valence-electron chi connectivity index (χ2n) is 7.00. The standard InChI is InChI=1S/C21H29P/c1-17(2)14-22(15-18(3)4)16-20-12-8-9-13-21(20)19-10-6-5-7-11-19/h5-13,17-18H,14-16H2,1-4H3. The summed E-state index contributed by atoms with van der Waals surface area (Å²) in [5.74, 6) is 1.60. The highest BCUT2D eigenvalue weighted by molar-refractivity contribution is 7.56. The van der Waals surface area contributed by atoms with Gasteiger partial charge in [0.05, 0.1) is 0 Å². The lowest BCUT2D eigenvalue weighted by atomic mass is 10.0. The van der Waals surface area contributed by atoms with Gasteiger partial charge in [-0.05, 0) is 47.0 Å². The van der Waals surface area contributed by atoms with Crippen molar-refractivity contribution in [3.8, 4) is 11.1 Å². The Balaban J connectivity index is 2.24. The molecule has 0 nitrogen and oxygen atoms in total. The van der Waals surface area contributed by atoms with Gasteiger partial charge in [-0.3, -0.25) is 0 Å². The summed E-state index contributed by atoms with van der Waals surface area (Å²) < 4.78 is 0. The Morgan fingerprint density at radius 3 is 1.86 bits per heavy atom. The molecular weight excluding hydrogens is 283 g/mol. The van der Waals surface area contributed by atoms with E-state index in [2.05, 4.69) is 82.3 Å². The lowest BCUT2D eigenvalue weighted by Gasteiger charge is -2.23. The molecule has 2 aromatic rings. The molecule has 0 amide bonds. The van der Waals surface area contributed by atoms with Gasteiger partial charge in [-0.1, -0.05) is 82.3 Å². The lowest BCUT2D eigenvalue weighted by Crippen LogP contribution is -2.04. The van der Waals surface area contributed by atoms with Gasteiger partial charge < -0.3 is 0 Å². The number of hydrogen-bond donors (Lipinski definition) is 0. The van der Waals surface area contributed by atoms with Gasteiger partial charge in [-0.25, -0.2) is 0 Å². The van der Waals surface area contributed by atoms with E-state index >= 15 is 0 Å². The van der Waals surface area contributed by atoms with E-state index in [-0.39, 0.29) is 7.92 Å². The summed E-state index contributed by atoms with van der Waals surface area (Å²) >= 11 is 0. The highest BCUT2D eigenvalue weighted by atomic mass is 31.1. The van der Waals surface area contributed by atoms with E-state index in [1.807, 2.05) is 0 Å². The fourth-order valence-corrected chi connectivity index (χ4v) is 6.27. The van der Waals surface area contributed by atoms with Crippen molar-refractivity contribution < 1.29 is 0 Å². The third-order valence-electron chi connectivity index (χ3n) is 3.74. The Hall–Kier alpha value is -1.13. The van der Waals surface area contributed by atoms with E-state index in [9.17, 15) is 0 Å². The van der Waals surface area contributed by atoms with Crippen molar-refractivity contribution in [3.05, 3.63) is 60.2 Å². The number of rotatable bonds is 7. The molecule has 0 spiro atoms. The van der Waals surface area contributed by atoms with Gasteiger partial charge in [-0.15, -0.1) is 7.92 Å². The average Bonchev–Trinajstić information content (AvgIpc) is 2.47. The smallest absolute Gasteiger partial charge is 0.00667 e. The zero-order chi connectivity index (χ0) is 15.9. The summed E-state index contributed by atoms with van der Waals surface area (Å²) in [4.78, 5) is 0. The Morgan fingerprint density at radius 2 is 1.27 bits per heavy atom. The van der Waals surface area contributed by atoms with E-state index in [0.717, 1.165) is 11.8 Å². The van der Waals surface area contributed by atoms with Crippen LogP contribution in [0.25, 0.3) is 11.1 Å². The fraction of sp³-hybridized carbons (Fsp3) is 0.429.